The summed E-state index contributed by atoms with van der Waals surface area (Å²) in [4.78, 5) is 12.5. The Morgan fingerprint density at radius 1 is 1.30 bits per heavy atom. The molecule has 2 N–H and O–H groups in total. The number of benzene rings is 1. The van der Waals surface area contributed by atoms with Crippen LogP contribution in [-0.2, 0) is 0 Å². The first kappa shape index (κ1) is 13.6. The molecule has 1 amide bonds. The van der Waals surface area contributed by atoms with Gasteiger partial charge in [-0.2, -0.15) is 0 Å². The van der Waals surface area contributed by atoms with Crippen molar-refractivity contribution in [2.75, 3.05) is 6.54 Å². The number of rotatable bonds is 2. The predicted molar refractivity (Wildman–Crippen MR) is 81.0 cm³/mol. The van der Waals surface area contributed by atoms with Crippen LogP contribution in [0.2, 0.25) is 0 Å². The van der Waals surface area contributed by atoms with E-state index in [2.05, 4.69) is 10.6 Å². The van der Waals surface area contributed by atoms with Crippen LogP contribution in [0, 0.1) is 13.8 Å². The lowest BCUT2D eigenvalue weighted by Crippen LogP contribution is -2.59. The van der Waals surface area contributed by atoms with Crippen LogP contribution in [0.4, 0.5) is 0 Å². The summed E-state index contributed by atoms with van der Waals surface area (Å²) in [5, 5.41) is 6.91. The van der Waals surface area contributed by atoms with E-state index in [1.165, 1.54) is 19.3 Å². The molecular weight excluding hydrogens is 248 g/mol. The molecule has 1 aliphatic heterocycles. The monoisotopic (exact) mass is 272 g/mol. The Hall–Kier alpha value is -1.35. The van der Waals surface area contributed by atoms with Gasteiger partial charge in [0.2, 0.25) is 0 Å². The highest BCUT2D eigenvalue weighted by Gasteiger charge is 2.41. The van der Waals surface area contributed by atoms with Gasteiger partial charge < -0.3 is 10.6 Å². The molecule has 1 heterocycles. The third-order valence-electron chi connectivity index (χ3n) is 4.98. The quantitative estimate of drug-likeness (QED) is 0.869. The highest BCUT2D eigenvalue weighted by molar-refractivity contribution is 5.97. The molecule has 1 aliphatic carbocycles. The molecule has 1 aromatic carbocycles. The van der Waals surface area contributed by atoms with Gasteiger partial charge in [0.15, 0.2) is 0 Å². The van der Waals surface area contributed by atoms with Gasteiger partial charge in [-0.05, 0) is 63.6 Å². The fourth-order valence-corrected chi connectivity index (χ4v) is 3.70. The minimum atomic E-state index is 0.0990. The van der Waals surface area contributed by atoms with Crippen molar-refractivity contribution in [1.82, 2.24) is 10.6 Å². The fourth-order valence-electron chi connectivity index (χ4n) is 3.70. The summed E-state index contributed by atoms with van der Waals surface area (Å²) in [7, 11) is 0. The molecular formula is C17H24N2O. The second kappa shape index (κ2) is 5.21. The van der Waals surface area contributed by atoms with Crippen molar-refractivity contribution in [3.63, 3.8) is 0 Å². The molecule has 0 aromatic heterocycles. The standard InChI is InChI=1S/C17H24N2O/c1-12-5-3-6-13(2)15(12)16(20)19-14-7-10-18-17(11-14)8-4-9-17/h3,5-6,14,18H,4,7-11H2,1-2H3,(H,19,20). The van der Waals surface area contributed by atoms with Gasteiger partial charge in [0.25, 0.3) is 5.91 Å². The van der Waals surface area contributed by atoms with Crippen molar-refractivity contribution in [2.45, 2.75) is 57.5 Å². The van der Waals surface area contributed by atoms with E-state index in [-0.39, 0.29) is 5.91 Å². The van der Waals surface area contributed by atoms with Gasteiger partial charge >= 0.3 is 0 Å². The Morgan fingerprint density at radius 2 is 2.00 bits per heavy atom. The summed E-state index contributed by atoms with van der Waals surface area (Å²) in [6.45, 7) is 5.05. The maximum atomic E-state index is 12.5. The number of carbonyl (C=O) groups is 1. The molecule has 3 nitrogen and oxygen atoms in total. The van der Waals surface area contributed by atoms with Crippen LogP contribution >= 0.6 is 0 Å². The van der Waals surface area contributed by atoms with E-state index >= 15 is 0 Å². The summed E-state index contributed by atoms with van der Waals surface area (Å²) in [6.07, 6.45) is 5.98. The van der Waals surface area contributed by atoms with Crippen LogP contribution < -0.4 is 10.6 Å². The third kappa shape index (κ3) is 2.47. The summed E-state index contributed by atoms with van der Waals surface area (Å²) >= 11 is 0. The van der Waals surface area contributed by atoms with E-state index in [1.807, 2.05) is 32.0 Å². The van der Waals surface area contributed by atoms with Crippen LogP contribution in [0.25, 0.3) is 0 Å². The normalized spacial score (nSPS) is 24.2. The van der Waals surface area contributed by atoms with Crippen LogP contribution in [0.5, 0.6) is 0 Å². The van der Waals surface area contributed by atoms with E-state index in [9.17, 15) is 4.79 Å². The number of hydrogen-bond donors (Lipinski definition) is 2. The molecule has 108 valence electrons. The Kier molecular flexibility index (Phi) is 3.55. The Labute approximate surface area is 121 Å². The molecule has 0 bridgehead atoms. The molecule has 20 heavy (non-hydrogen) atoms. The second-order valence-corrected chi connectivity index (χ2v) is 6.49. The number of carbonyl (C=O) groups excluding carboxylic acids is 1. The van der Waals surface area contributed by atoms with Crippen LogP contribution in [0.1, 0.15) is 53.6 Å². The molecule has 3 rings (SSSR count). The van der Waals surface area contributed by atoms with Crippen molar-refractivity contribution >= 4 is 5.91 Å². The predicted octanol–water partition coefficient (Wildman–Crippen LogP) is 2.71. The molecule has 1 saturated carbocycles. The SMILES string of the molecule is Cc1cccc(C)c1C(=O)NC1CCNC2(CCC2)C1. The average Bonchev–Trinajstić information content (AvgIpc) is 2.37. The Morgan fingerprint density at radius 3 is 2.60 bits per heavy atom. The summed E-state index contributed by atoms with van der Waals surface area (Å²) in [5.41, 5.74) is 3.31. The van der Waals surface area contributed by atoms with Crippen LogP contribution in [0.15, 0.2) is 18.2 Å². The molecule has 1 spiro atoms. The zero-order valence-electron chi connectivity index (χ0n) is 12.5. The highest BCUT2D eigenvalue weighted by Crippen LogP contribution is 2.38. The average molecular weight is 272 g/mol. The summed E-state index contributed by atoms with van der Waals surface area (Å²) in [6, 6.07) is 6.35. The lowest BCUT2D eigenvalue weighted by molar-refractivity contribution is 0.0852. The van der Waals surface area contributed by atoms with E-state index in [0.717, 1.165) is 36.1 Å². The first-order chi connectivity index (χ1) is 9.60. The molecule has 1 unspecified atom stereocenters. The number of nitrogens with one attached hydrogen (secondary N) is 2. The van der Waals surface area contributed by atoms with Gasteiger partial charge in [0, 0.05) is 17.1 Å². The first-order valence-corrected chi connectivity index (χ1v) is 7.72. The maximum absolute atomic E-state index is 12.5. The smallest absolute Gasteiger partial charge is 0.252 e. The molecule has 1 aromatic rings. The van der Waals surface area contributed by atoms with Crippen molar-refractivity contribution in [3.8, 4) is 0 Å². The summed E-state index contributed by atoms with van der Waals surface area (Å²) in [5.74, 6) is 0.0990. The Bertz CT molecular complexity index is 499. The van der Waals surface area contributed by atoms with Crippen molar-refractivity contribution in [3.05, 3.63) is 34.9 Å². The minimum absolute atomic E-state index is 0.0990. The van der Waals surface area contributed by atoms with Gasteiger partial charge in [-0.1, -0.05) is 18.2 Å². The highest BCUT2D eigenvalue weighted by atomic mass is 16.1. The van der Waals surface area contributed by atoms with Crippen LogP contribution in [0.3, 0.4) is 0 Å². The van der Waals surface area contributed by atoms with E-state index in [0.29, 0.717) is 11.6 Å². The minimum Gasteiger partial charge on any atom is -0.349 e. The largest absolute Gasteiger partial charge is 0.349 e. The van der Waals surface area contributed by atoms with Gasteiger partial charge in [0.1, 0.15) is 0 Å². The number of amides is 1. The number of piperidine rings is 1. The van der Waals surface area contributed by atoms with Crippen molar-refractivity contribution < 1.29 is 4.79 Å². The van der Waals surface area contributed by atoms with Gasteiger partial charge in [-0.15, -0.1) is 0 Å². The lowest BCUT2D eigenvalue weighted by atomic mass is 9.70. The topological polar surface area (TPSA) is 41.1 Å². The van der Waals surface area contributed by atoms with Gasteiger partial charge in [-0.3, -0.25) is 4.79 Å². The maximum Gasteiger partial charge on any atom is 0.252 e. The molecule has 1 atom stereocenters. The van der Waals surface area contributed by atoms with Gasteiger partial charge in [-0.25, -0.2) is 0 Å². The lowest BCUT2D eigenvalue weighted by Gasteiger charge is -2.48. The van der Waals surface area contributed by atoms with E-state index < -0.39 is 0 Å². The van der Waals surface area contributed by atoms with Crippen molar-refractivity contribution in [1.29, 1.82) is 0 Å². The molecule has 2 fully saturated rings. The van der Waals surface area contributed by atoms with E-state index in [1.54, 1.807) is 0 Å². The molecule has 3 heteroatoms. The van der Waals surface area contributed by atoms with Crippen molar-refractivity contribution in [2.24, 2.45) is 0 Å². The molecule has 1 saturated heterocycles. The fraction of sp³-hybridized carbons (Fsp3) is 0.588. The number of aryl methyl sites for hydroxylation is 2. The number of hydrogen-bond acceptors (Lipinski definition) is 2. The first-order valence-electron chi connectivity index (χ1n) is 7.72. The third-order valence-corrected chi connectivity index (χ3v) is 4.98. The van der Waals surface area contributed by atoms with E-state index in [4.69, 9.17) is 0 Å². The Balaban J connectivity index is 1.69. The van der Waals surface area contributed by atoms with Gasteiger partial charge in [0.05, 0.1) is 0 Å². The summed E-state index contributed by atoms with van der Waals surface area (Å²) < 4.78 is 0. The zero-order valence-corrected chi connectivity index (χ0v) is 12.5. The molecule has 0 radical (unpaired) electrons. The van der Waals surface area contributed by atoms with Crippen LogP contribution in [-0.4, -0.2) is 24.0 Å². The molecule has 2 aliphatic rings. The second-order valence-electron chi connectivity index (χ2n) is 6.49. The zero-order chi connectivity index (χ0) is 14.2.